The number of hydrogen-bond acceptors (Lipinski definition) is 4. The zero-order valence-electron chi connectivity index (χ0n) is 13.3. The molecule has 1 aliphatic rings. The summed E-state index contributed by atoms with van der Waals surface area (Å²) in [5.74, 6) is 0.359. The summed E-state index contributed by atoms with van der Waals surface area (Å²) in [6, 6.07) is 8.45. The van der Waals surface area contributed by atoms with Gasteiger partial charge in [-0.15, -0.1) is 5.10 Å². The van der Waals surface area contributed by atoms with Gasteiger partial charge in [0.1, 0.15) is 5.82 Å². The molecule has 1 saturated heterocycles. The summed E-state index contributed by atoms with van der Waals surface area (Å²) in [7, 11) is 2.00. The zero-order chi connectivity index (χ0) is 17.1. The maximum absolute atomic E-state index is 13.4. The van der Waals surface area contributed by atoms with Crippen LogP contribution in [0, 0.1) is 9.39 Å². The first kappa shape index (κ1) is 17.1. The van der Waals surface area contributed by atoms with Gasteiger partial charge in [0.2, 0.25) is 0 Å². The number of carbonyl (C=O) groups is 1. The van der Waals surface area contributed by atoms with Gasteiger partial charge in [-0.3, -0.25) is 4.79 Å². The lowest BCUT2D eigenvalue weighted by Gasteiger charge is -2.37. The minimum atomic E-state index is -0.379. The van der Waals surface area contributed by atoms with E-state index in [4.69, 9.17) is 0 Å². The van der Waals surface area contributed by atoms with Gasteiger partial charge in [0, 0.05) is 35.9 Å². The summed E-state index contributed by atoms with van der Waals surface area (Å²) in [4.78, 5) is 16.6. The van der Waals surface area contributed by atoms with E-state index in [2.05, 4.69) is 37.7 Å². The highest BCUT2D eigenvalue weighted by atomic mass is 127. The van der Waals surface area contributed by atoms with Gasteiger partial charge in [0.15, 0.2) is 5.82 Å². The van der Waals surface area contributed by atoms with Crippen molar-refractivity contribution in [3.8, 4) is 0 Å². The third-order valence-electron chi connectivity index (χ3n) is 4.38. The zero-order valence-corrected chi connectivity index (χ0v) is 15.5. The molecule has 0 bridgehead atoms. The fourth-order valence-electron chi connectivity index (χ4n) is 2.96. The quantitative estimate of drug-likeness (QED) is 0.689. The Morgan fingerprint density at radius 2 is 2.08 bits per heavy atom. The number of halogens is 2. The Morgan fingerprint density at radius 1 is 1.33 bits per heavy atom. The van der Waals surface area contributed by atoms with E-state index in [9.17, 15) is 9.18 Å². The molecule has 5 nitrogen and oxygen atoms in total. The van der Waals surface area contributed by atoms with E-state index in [1.807, 2.05) is 19.2 Å². The Balaban J connectivity index is 1.64. The van der Waals surface area contributed by atoms with E-state index in [1.165, 1.54) is 12.1 Å². The van der Waals surface area contributed by atoms with Gasteiger partial charge in [-0.25, -0.2) is 4.39 Å². The number of anilines is 1. The Labute approximate surface area is 154 Å². The molecule has 3 rings (SSSR count). The van der Waals surface area contributed by atoms with Gasteiger partial charge < -0.3 is 9.80 Å². The molecule has 7 heteroatoms. The van der Waals surface area contributed by atoms with Gasteiger partial charge in [-0.2, -0.15) is 5.10 Å². The van der Waals surface area contributed by atoms with Crippen molar-refractivity contribution in [3.05, 3.63) is 51.5 Å². The summed E-state index contributed by atoms with van der Waals surface area (Å²) in [5.41, 5.74) is 0.441. The molecule has 1 aromatic carbocycles. The highest BCUT2D eigenvalue weighted by molar-refractivity contribution is 14.1. The summed E-state index contributed by atoms with van der Waals surface area (Å²) in [6.07, 6.45) is 3.36. The second-order valence-corrected chi connectivity index (χ2v) is 7.00. The summed E-state index contributed by atoms with van der Waals surface area (Å²) >= 11 is 2.07. The second kappa shape index (κ2) is 7.42. The number of likely N-dealkylation sites (tertiary alicyclic amines) is 1. The smallest absolute Gasteiger partial charge is 0.255 e. The molecule has 0 atom stereocenters. The predicted octanol–water partition coefficient (Wildman–Crippen LogP) is 2.96. The van der Waals surface area contributed by atoms with Gasteiger partial charge >= 0.3 is 0 Å². The molecule has 1 fully saturated rings. The van der Waals surface area contributed by atoms with Crippen LogP contribution in [0.3, 0.4) is 0 Å². The third kappa shape index (κ3) is 3.66. The fourth-order valence-corrected chi connectivity index (χ4v) is 3.52. The van der Waals surface area contributed by atoms with Gasteiger partial charge in [0.05, 0.1) is 5.56 Å². The average Bonchev–Trinajstić information content (AvgIpc) is 2.63. The van der Waals surface area contributed by atoms with E-state index in [0.717, 1.165) is 22.2 Å². The normalized spacial score (nSPS) is 15.4. The van der Waals surface area contributed by atoms with Crippen LogP contribution in [0.25, 0.3) is 0 Å². The molecule has 126 valence electrons. The molecule has 2 aromatic rings. The van der Waals surface area contributed by atoms with Gasteiger partial charge in [-0.05, 0) is 65.8 Å². The lowest BCUT2D eigenvalue weighted by atomic mass is 10.0. The Bertz CT molecular complexity index is 720. The second-order valence-electron chi connectivity index (χ2n) is 5.84. The van der Waals surface area contributed by atoms with E-state index in [1.54, 1.807) is 17.2 Å². The van der Waals surface area contributed by atoms with E-state index in [0.29, 0.717) is 24.7 Å². The van der Waals surface area contributed by atoms with Crippen molar-refractivity contribution in [3.63, 3.8) is 0 Å². The summed E-state index contributed by atoms with van der Waals surface area (Å²) < 4.78 is 14.2. The van der Waals surface area contributed by atoms with Crippen LogP contribution in [-0.2, 0) is 0 Å². The van der Waals surface area contributed by atoms with Crippen LogP contribution >= 0.6 is 22.6 Å². The summed E-state index contributed by atoms with van der Waals surface area (Å²) in [6.45, 7) is 1.31. The predicted molar refractivity (Wildman–Crippen MR) is 98.5 cm³/mol. The van der Waals surface area contributed by atoms with Crippen molar-refractivity contribution in [2.24, 2.45) is 0 Å². The maximum atomic E-state index is 13.4. The molecule has 0 saturated carbocycles. The molecule has 1 amide bonds. The first-order valence-electron chi connectivity index (χ1n) is 7.81. The minimum absolute atomic E-state index is 0.0977. The van der Waals surface area contributed by atoms with Crippen LogP contribution in [-0.4, -0.2) is 47.2 Å². The summed E-state index contributed by atoms with van der Waals surface area (Å²) in [5, 5.41) is 8.04. The SMILES string of the molecule is CN(c1cccnn1)C1CCN(C(=O)c2cc(F)ccc2I)CC1. The van der Waals surface area contributed by atoms with Gasteiger partial charge in [-0.1, -0.05) is 0 Å². The first-order valence-corrected chi connectivity index (χ1v) is 8.89. The average molecular weight is 440 g/mol. The Kier molecular flexibility index (Phi) is 5.27. The van der Waals surface area contributed by atoms with Crippen LogP contribution in [0.5, 0.6) is 0 Å². The van der Waals surface area contributed by atoms with Crippen molar-refractivity contribution in [1.82, 2.24) is 15.1 Å². The highest BCUT2D eigenvalue weighted by Crippen LogP contribution is 2.22. The molecule has 0 spiro atoms. The highest BCUT2D eigenvalue weighted by Gasteiger charge is 2.27. The molecular weight excluding hydrogens is 422 g/mol. The molecule has 1 aliphatic heterocycles. The Morgan fingerprint density at radius 3 is 2.75 bits per heavy atom. The number of hydrogen-bond donors (Lipinski definition) is 0. The lowest BCUT2D eigenvalue weighted by Crippen LogP contribution is -2.46. The van der Waals surface area contributed by atoms with E-state index in [-0.39, 0.29) is 11.7 Å². The molecule has 1 aromatic heterocycles. The number of piperidine rings is 1. The molecule has 0 N–H and O–H groups in total. The Hall–Kier alpha value is -1.77. The number of benzene rings is 1. The monoisotopic (exact) mass is 440 g/mol. The van der Waals surface area contributed by atoms with E-state index >= 15 is 0 Å². The van der Waals surface area contributed by atoms with E-state index < -0.39 is 0 Å². The molecule has 0 aliphatic carbocycles. The number of aromatic nitrogens is 2. The van der Waals surface area contributed by atoms with Crippen LogP contribution < -0.4 is 4.90 Å². The number of carbonyl (C=O) groups excluding carboxylic acids is 1. The minimum Gasteiger partial charge on any atom is -0.355 e. The first-order chi connectivity index (χ1) is 11.6. The molecule has 0 radical (unpaired) electrons. The molecule has 0 unspecified atom stereocenters. The topological polar surface area (TPSA) is 49.3 Å². The largest absolute Gasteiger partial charge is 0.355 e. The molecule has 2 heterocycles. The molecular formula is C17H18FIN4O. The standard InChI is InChI=1S/C17H18FIN4O/c1-22(16-3-2-8-20-21-16)13-6-9-23(10-7-13)17(24)14-11-12(18)4-5-15(14)19/h2-5,8,11,13H,6-7,9-10H2,1H3. The third-order valence-corrected chi connectivity index (χ3v) is 5.32. The van der Waals surface area contributed by atoms with Crippen molar-refractivity contribution in [1.29, 1.82) is 0 Å². The van der Waals surface area contributed by atoms with Crippen molar-refractivity contribution in [2.45, 2.75) is 18.9 Å². The van der Waals surface area contributed by atoms with Gasteiger partial charge in [0.25, 0.3) is 5.91 Å². The van der Waals surface area contributed by atoms with Crippen LogP contribution in [0.1, 0.15) is 23.2 Å². The lowest BCUT2D eigenvalue weighted by molar-refractivity contribution is 0.0711. The van der Waals surface area contributed by atoms with Crippen LogP contribution in [0.4, 0.5) is 10.2 Å². The number of amides is 1. The van der Waals surface area contributed by atoms with Crippen LogP contribution in [0.2, 0.25) is 0 Å². The van der Waals surface area contributed by atoms with Crippen molar-refractivity contribution in [2.75, 3.05) is 25.0 Å². The van der Waals surface area contributed by atoms with Crippen molar-refractivity contribution >= 4 is 34.3 Å². The number of rotatable bonds is 3. The van der Waals surface area contributed by atoms with Crippen molar-refractivity contribution < 1.29 is 9.18 Å². The van der Waals surface area contributed by atoms with Crippen LogP contribution in [0.15, 0.2) is 36.5 Å². The maximum Gasteiger partial charge on any atom is 0.255 e. The molecule has 24 heavy (non-hydrogen) atoms. The fraction of sp³-hybridized carbons (Fsp3) is 0.353. The number of nitrogens with zero attached hydrogens (tertiary/aromatic N) is 4.